The molecule has 4 saturated heterocycles. The fourth-order valence-electron chi connectivity index (χ4n) is 11.2. The number of ether oxygens (including phenoxy) is 12. The van der Waals surface area contributed by atoms with Crippen molar-refractivity contribution >= 4 is 71.2 Å². The van der Waals surface area contributed by atoms with Crippen molar-refractivity contribution in [2.75, 3.05) is 92.2 Å². The summed E-state index contributed by atoms with van der Waals surface area (Å²) in [7, 11) is 0. The molecule has 0 saturated carbocycles. The Labute approximate surface area is 554 Å². The van der Waals surface area contributed by atoms with Gasteiger partial charge in [0, 0.05) is 119 Å². The van der Waals surface area contributed by atoms with Crippen LogP contribution in [0.15, 0.2) is 0 Å². The van der Waals surface area contributed by atoms with Crippen LogP contribution < -0.4 is 37.2 Å². The Hall–Kier alpha value is -6.68. The molecule has 10 atom stereocenters. The van der Waals surface area contributed by atoms with E-state index < -0.39 is 108 Å². The van der Waals surface area contributed by atoms with Crippen molar-refractivity contribution in [2.45, 2.75) is 236 Å². The van der Waals surface area contributed by atoms with E-state index in [1.807, 2.05) is 0 Å². The van der Waals surface area contributed by atoms with Gasteiger partial charge in [0.1, 0.15) is 12.1 Å². The van der Waals surface area contributed by atoms with Crippen LogP contribution in [-0.2, 0) is 114 Å². The molecule has 7 amide bonds. The smallest absolute Gasteiger partial charge is 0.303 e. The minimum Gasteiger partial charge on any atom is -0.481 e. The van der Waals surface area contributed by atoms with Crippen LogP contribution in [0, 0.1) is 0 Å². The van der Waals surface area contributed by atoms with Gasteiger partial charge in [-0.25, -0.2) is 0 Å². The minimum atomic E-state index is -1.31. The molecule has 0 aliphatic carbocycles. The topological polar surface area (TPSA) is 420 Å². The maximum Gasteiger partial charge on any atom is 0.303 e. The number of carboxylic acids is 1. The average Bonchev–Trinajstić information content (AvgIpc) is 1.64. The highest BCUT2D eigenvalue weighted by Crippen LogP contribution is 2.42. The van der Waals surface area contributed by atoms with Crippen LogP contribution in [0.2, 0.25) is 0 Å². The van der Waals surface area contributed by atoms with Gasteiger partial charge in [-0.15, -0.1) is 0 Å². The van der Waals surface area contributed by atoms with Crippen molar-refractivity contribution in [1.29, 1.82) is 0 Å². The lowest BCUT2D eigenvalue weighted by Gasteiger charge is -2.45. The Balaban J connectivity index is 1.07. The van der Waals surface area contributed by atoms with E-state index in [-0.39, 0.29) is 134 Å². The number of hydrogen-bond acceptors (Lipinski definition) is 24. The summed E-state index contributed by atoms with van der Waals surface area (Å²) in [6, 6.07) is -2.44. The first-order chi connectivity index (χ1) is 45.4. The molecule has 32 nitrogen and oxygen atoms in total. The fourth-order valence-corrected chi connectivity index (χ4v) is 11.2. The monoisotopic (exact) mass is 1360 g/mol. The highest BCUT2D eigenvalue weighted by molar-refractivity contribution is 5.78. The lowest BCUT2D eigenvalue weighted by molar-refractivity contribution is -0.251. The van der Waals surface area contributed by atoms with E-state index in [1.165, 1.54) is 41.5 Å². The van der Waals surface area contributed by atoms with Gasteiger partial charge in [-0.3, -0.25) is 57.5 Å². The molecule has 0 radical (unpaired) electrons. The third-order valence-corrected chi connectivity index (χ3v) is 15.6. The highest BCUT2D eigenvalue weighted by Gasteiger charge is 2.65. The standard InChI is InChI=1S/C63H103N7O25/c1-41(71)68-54-56(90-43(3)73)58(92-45(5)75)62(39-88-60(54)94-62)37-86-31-17-15-21-48(77)64-27-19-29-66-50(79)25-33-84-35-47(70-52(81)23-13-11-9-7-8-10-12-14-24-53(82)83)36-85-34-26-51(80)67-30-20-28-65-49(78)22-16-18-32-87-38-63-40-89-61(95-63)55(69-42(2)72)57(91-44(4)74)59(63)93-46(6)76/h47,54-61H,7-40H2,1-6H3,(H,64,77)(H,65,78)(H,66,79)(H,67,80)(H,68,71)(H,69,72)(H,70,81)(H,82,83)/t54-,55-,56-,57-,58-,59-,60+,61+,62+,63+/m1/s1. The second kappa shape index (κ2) is 44.2. The predicted octanol–water partition coefficient (Wildman–Crippen LogP) is 0.876. The van der Waals surface area contributed by atoms with E-state index in [9.17, 15) is 57.5 Å². The van der Waals surface area contributed by atoms with Gasteiger partial charge in [0.2, 0.25) is 41.4 Å². The number of rotatable bonds is 50. The molecule has 4 aliphatic heterocycles. The Morgan fingerprint density at radius 1 is 0.411 bits per heavy atom. The summed E-state index contributed by atoms with van der Waals surface area (Å²) >= 11 is 0. The van der Waals surface area contributed by atoms with Crippen molar-refractivity contribution in [3.8, 4) is 0 Å². The summed E-state index contributed by atoms with van der Waals surface area (Å²) < 4.78 is 69.4. The number of aliphatic carboxylic acids is 1. The molecule has 4 fully saturated rings. The normalized spacial score (nSPS) is 23.4. The lowest BCUT2D eigenvalue weighted by Crippen LogP contribution is -2.68. The zero-order valence-electron chi connectivity index (χ0n) is 56.0. The molecule has 95 heavy (non-hydrogen) atoms. The van der Waals surface area contributed by atoms with Gasteiger partial charge in [-0.05, 0) is 51.4 Å². The number of fused-ring (bicyclic) bond motifs is 4. The third kappa shape index (κ3) is 31.4. The number of carbonyl (C=O) groups is 12. The molecule has 32 heteroatoms. The van der Waals surface area contributed by atoms with Crippen LogP contribution in [0.25, 0.3) is 0 Å². The van der Waals surface area contributed by atoms with Crippen LogP contribution in [-0.4, -0.2) is 235 Å². The van der Waals surface area contributed by atoms with Gasteiger partial charge in [0.05, 0.1) is 58.9 Å². The first-order valence-corrected chi connectivity index (χ1v) is 33.1. The molecule has 540 valence electrons. The molecular formula is C63H103N7O25. The van der Waals surface area contributed by atoms with Crippen molar-refractivity contribution in [3.63, 3.8) is 0 Å². The van der Waals surface area contributed by atoms with E-state index in [0.29, 0.717) is 77.5 Å². The number of carboxylic acid groups (broad SMARTS) is 1. The van der Waals surface area contributed by atoms with E-state index >= 15 is 0 Å². The molecule has 4 heterocycles. The third-order valence-electron chi connectivity index (χ3n) is 15.6. The molecule has 8 N–H and O–H groups in total. The van der Waals surface area contributed by atoms with E-state index in [4.69, 9.17) is 61.9 Å². The summed E-state index contributed by atoms with van der Waals surface area (Å²) in [6.45, 7) is 8.97. The summed E-state index contributed by atoms with van der Waals surface area (Å²) in [4.78, 5) is 146. The van der Waals surface area contributed by atoms with Gasteiger partial charge >= 0.3 is 29.8 Å². The Morgan fingerprint density at radius 3 is 1.13 bits per heavy atom. The lowest BCUT2D eigenvalue weighted by atomic mass is 9.87. The van der Waals surface area contributed by atoms with E-state index in [1.54, 1.807) is 0 Å². The molecule has 0 unspecified atom stereocenters. The molecule has 0 aromatic heterocycles. The quantitative estimate of drug-likeness (QED) is 0.0238. The van der Waals surface area contributed by atoms with Crippen LogP contribution in [0.4, 0.5) is 0 Å². The number of nitrogens with one attached hydrogen (secondary N) is 7. The van der Waals surface area contributed by atoms with Crippen molar-refractivity contribution in [1.82, 2.24) is 37.2 Å². The number of amides is 7. The van der Waals surface area contributed by atoms with Crippen molar-refractivity contribution < 1.29 is 119 Å². The van der Waals surface area contributed by atoms with Gasteiger partial charge in [-0.2, -0.15) is 0 Å². The second-order valence-electron chi connectivity index (χ2n) is 24.1. The van der Waals surface area contributed by atoms with Gasteiger partial charge < -0.3 is 99.2 Å². The van der Waals surface area contributed by atoms with Gasteiger partial charge in [0.15, 0.2) is 48.2 Å². The van der Waals surface area contributed by atoms with E-state index in [0.717, 1.165) is 38.5 Å². The predicted molar refractivity (Wildman–Crippen MR) is 332 cm³/mol. The van der Waals surface area contributed by atoms with Crippen LogP contribution >= 0.6 is 0 Å². The largest absolute Gasteiger partial charge is 0.481 e. The van der Waals surface area contributed by atoms with Crippen LogP contribution in [0.3, 0.4) is 0 Å². The van der Waals surface area contributed by atoms with E-state index in [2.05, 4.69) is 37.2 Å². The summed E-state index contributed by atoms with van der Waals surface area (Å²) in [5.41, 5.74) is -2.62. The number of hydrogen-bond donors (Lipinski definition) is 8. The van der Waals surface area contributed by atoms with Gasteiger partial charge in [-0.1, -0.05) is 38.5 Å². The number of unbranched alkanes of at least 4 members (excludes halogenated alkanes) is 9. The zero-order chi connectivity index (χ0) is 69.6. The molecule has 4 rings (SSSR count). The SMILES string of the molecule is CC(=O)N[C@H]1[C@H]2OC[C@](COCCCCC(=O)NCCCNC(=O)CCOCC(COCCC(=O)NCCCNC(=O)CCCCOC[C@@]34CO[C@@H](O3)[C@H](NC(C)=O)[C@@H](OC(C)=O)[C@H]4OC(C)=O)NC(=O)CCCCCCCCCCC(=O)O)(O2)[C@H](OC(C)=O)[C@@H]1OC(C)=O. The highest BCUT2D eigenvalue weighted by atomic mass is 16.8. The maximum absolute atomic E-state index is 13.0. The summed E-state index contributed by atoms with van der Waals surface area (Å²) in [5.74, 6) is -5.37. The maximum atomic E-state index is 13.0. The number of esters is 4. The Bertz CT molecular complexity index is 2340. The Morgan fingerprint density at radius 2 is 0.758 bits per heavy atom. The van der Waals surface area contributed by atoms with Crippen molar-refractivity contribution in [2.24, 2.45) is 0 Å². The first-order valence-electron chi connectivity index (χ1n) is 33.1. The summed E-state index contributed by atoms with van der Waals surface area (Å²) in [6.07, 6.45) is 4.45. The first kappa shape index (κ1) is 80.8. The molecule has 4 bridgehead atoms. The van der Waals surface area contributed by atoms with Gasteiger partial charge in [0.25, 0.3) is 0 Å². The summed E-state index contributed by atoms with van der Waals surface area (Å²) in [5, 5.41) is 28.3. The number of carbonyl (C=O) groups excluding carboxylic acids is 11. The van der Waals surface area contributed by atoms with Crippen LogP contribution in [0.5, 0.6) is 0 Å². The molecular weight excluding hydrogens is 1250 g/mol. The minimum absolute atomic E-state index is 0.0375. The molecule has 4 aliphatic rings. The Kier molecular flexibility index (Phi) is 37.6. The van der Waals surface area contributed by atoms with Crippen molar-refractivity contribution in [3.05, 3.63) is 0 Å². The average molecular weight is 1360 g/mol. The molecule has 0 aromatic rings. The molecule has 0 aromatic carbocycles. The zero-order valence-corrected chi connectivity index (χ0v) is 56.0. The fraction of sp³-hybridized carbons (Fsp3) is 0.810. The van der Waals surface area contributed by atoms with Crippen LogP contribution in [0.1, 0.15) is 170 Å². The molecule has 0 spiro atoms. The second-order valence-corrected chi connectivity index (χ2v) is 24.1.